The standard InChI is InChI=1S/C28H25BN4O2/c1-27(2)28(3,4)35-29(34-27)23-17-21(15-16-22(23)18-30)26-32-24(19-11-7-5-8-12-19)31-25(33-26)20-13-9-6-10-14-20/h5-17H,1-4H3. The van der Waals surface area contributed by atoms with E-state index in [-0.39, 0.29) is 0 Å². The van der Waals surface area contributed by atoms with Crippen molar-refractivity contribution in [3.63, 3.8) is 0 Å². The number of aromatic nitrogens is 3. The first-order valence-electron chi connectivity index (χ1n) is 11.5. The maximum absolute atomic E-state index is 9.78. The van der Waals surface area contributed by atoms with Gasteiger partial charge >= 0.3 is 7.12 Å². The molecule has 172 valence electrons. The molecule has 1 saturated heterocycles. The smallest absolute Gasteiger partial charge is 0.399 e. The molecule has 1 fully saturated rings. The van der Waals surface area contributed by atoms with Gasteiger partial charge in [-0.05, 0) is 39.8 Å². The summed E-state index contributed by atoms with van der Waals surface area (Å²) >= 11 is 0. The molecule has 1 aliphatic rings. The zero-order chi connectivity index (χ0) is 24.6. The summed E-state index contributed by atoms with van der Waals surface area (Å²) in [6.07, 6.45) is 0. The van der Waals surface area contributed by atoms with Gasteiger partial charge in [0.15, 0.2) is 17.5 Å². The number of benzene rings is 3. The van der Waals surface area contributed by atoms with E-state index in [1.54, 1.807) is 6.07 Å². The normalized spacial score (nSPS) is 16.1. The number of nitriles is 1. The average molecular weight is 460 g/mol. The van der Waals surface area contributed by atoms with Crippen LogP contribution in [0.1, 0.15) is 33.3 Å². The lowest BCUT2D eigenvalue weighted by atomic mass is 9.75. The quantitative estimate of drug-likeness (QED) is 0.397. The molecule has 0 atom stereocenters. The van der Waals surface area contributed by atoms with E-state index in [2.05, 4.69) is 6.07 Å². The van der Waals surface area contributed by atoms with Crippen LogP contribution in [-0.2, 0) is 9.31 Å². The second-order valence-corrected chi connectivity index (χ2v) is 9.54. The third-order valence-electron chi connectivity index (χ3n) is 6.64. The second-order valence-electron chi connectivity index (χ2n) is 9.54. The molecule has 1 aromatic heterocycles. The number of hydrogen-bond acceptors (Lipinski definition) is 6. The molecule has 0 bridgehead atoms. The third kappa shape index (κ3) is 4.34. The Morgan fingerprint density at radius 1 is 0.657 bits per heavy atom. The minimum absolute atomic E-state index is 0.493. The van der Waals surface area contributed by atoms with E-state index in [0.29, 0.717) is 28.5 Å². The van der Waals surface area contributed by atoms with Crippen LogP contribution in [0.25, 0.3) is 34.2 Å². The van der Waals surface area contributed by atoms with Crippen molar-refractivity contribution >= 4 is 12.6 Å². The summed E-state index contributed by atoms with van der Waals surface area (Å²) in [4.78, 5) is 14.3. The molecule has 0 N–H and O–H groups in total. The average Bonchev–Trinajstić information content (AvgIpc) is 3.10. The van der Waals surface area contributed by atoms with Crippen LogP contribution in [-0.4, -0.2) is 33.3 Å². The van der Waals surface area contributed by atoms with Crippen molar-refractivity contribution in [3.05, 3.63) is 84.4 Å². The summed E-state index contributed by atoms with van der Waals surface area (Å²) in [5, 5.41) is 9.78. The Morgan fingerprint density at radius 2 is 1.11 bits per heavy atom. The highest BCUT2D eigenvalue weighted by Gasteiger charge is 2.52. The Labute approximate surface area is 205 Å². The topological polar surface area (TPSA) is 80.9 Å². The molecule has 0 unspecified atom stereocenters. The van der Waals surface area contributed by atoms with E-state index < -0.39 is 18.3 Å². The van der Waals surface area contributed by atoms with Gasteiger partial charge in [0.2, 0.25) is 0 Å². The van der Waals surface area contributed by atoms with Crippen LogP contribution >= 0.6 is 0 Å². The number of nitrogens with zero attached hydrogens (tertiary/aromatic N) is 4. The largest absolute Gasteiger partial charge is 0.496 e. The molecule has 6 nitrogen and oxygen atoms in total. The molecular weight excluding hydrogens is 435 g/mol. The first kappa shape index (κ1) is 22.9. The van der Waals surface area contributed by atoms with E-state index in [9.17, 15) is 5.26 Å². The van der Waals surface area contributed by atoms with Gasteiger partial charge in [-0.25, -0.2) is 15.0 Å². The van der Waals surface area contributed by atoms with E-state index in [0.717, 1.165) is 16.7 Å². The first-order valence-corrected chi connectivity index (χ1v) is 11.5. The van der Waals surface area contributed by atoms with Crippen molar-refractivity contribution in [1.82, 2.24) is 15.0 Å². The summed E-state index contributed by atoms with van der Waals surface area (Å²) in [6, 6.07) is 27.4. The lowest BCUT2D eigenvalue weighted by Gasteiger charge is -2.32. The van der Waals surface area contributed by atoms with Crippen LogP contribution in [0, 0.1) is 11.3 Å². The molecule has 0 saturated carbocycles. The lowest BCUT2D eigenvalue weighted by molar-refractivity contribution is 0.00578. The van der Waals surface area contributed by atoms with Gasteiger partial charge in [0.05, 0.1) is 22.8 Å². The van der Waals surface area contributed by atoms with Crippen LogP contribution in [0.15, 0.2) is 78.9 Å². The van der Waals surface area contributed by atoms with Gasteiger partial charge in [-0.15, -0.1) is 0 Å². The molecule has 4 aromatic rings. The van der Waals surface area contributed by atoms with Gasteiger partial charge in [-0.3, -0.25) is 0 Å². The van der Waals surface area contributed by atoms with Gasteiger partial charge < -0.3 is 9.31 Å². The monoisotopic (exact) mass is 460 g/mol. The molecule has 0 aliphatic carbocycles. The Hall–Kier alpha value is -3.86. The molecule has 2 heterocycles. The fourth-order valence-corrected chi connectivity index (χ4v) is 3.91. The van der Waals surface area contributed by atoms with E-state index >= 15 is 0 Å². The Kier molecular flexibility index (Phi) is 5.72. The molecule has 0 radical (unpaired) electrons. The summed E-state index contributed by atoms with van der Waals surface area (Å²) in [5.41, 5.74) is 2.66. The van der Waals surface area contributed by atoms with E-state index in [1.807, 2.05) is 100 Å². The lowest BCUT2D eigenvalue weighted by Crippen LogP contribution is -2.41. The van der Waals surface area contributed by atoms with E-state index in [4.69, 9.17) is 24.3 Å². The van der Waals surface area contributed by atoms with Gasteiger partial charge in [-0.1, -0.05) is 66.7 Å². The summed E-state index contributed by atoms with van der Waals surface area (Å²) in [7, 11) is -0.668. The predicted molar refractivity (Wildman–Crippen MR) is 137 cm³/mol. The van der Waals surface area contributed by atoms with Crippen molar-refractivity contribution in [2.75, 3.05) is 0 Å². The van der Waals surface area contributed by atoms with Crippen molar-refractivity contribution in [3.8, 4) is 40.2 Å². The highest BCUT2D eigenvalue weighted by Crippen LogP contribution is 2.37. The highest BCUT2D eigenvalue weighted by atomic mass is 16.7. The van der Waals surface area contributed by atoms with Crippen molar-refractivity contribution in [1.29, 1.82) is 5.26 Å². The van der Waals surface area contributed by atoms with Gasteiger partial charge in [0.25, 0.3) is 0 Å². The molecule has 1 aliphatic heterocycles. The number of rotatable bonds is 4. The zero-order valence-corrected chi connectivity index (χ0v) is 20.2. The molecule has 5 rings (SSSR count). The predicted octanol–water partition coefficient (Wildman–Crippen LogP) is 5.04. The molecule has 0 amide bonds. The maximum Gasteiger partial charge on any atom is 0.496 e. The summed E-state index contributed by atoms with van der Waals surface area (Å²) in [5.74, 6) is 1.67. The minimum atomic E-state index is -0.668. The molecule has 7 heteroatoms. The molecule has 35 heavy (non-hydrogen) atoms. The Balaban J connectivity index is 1.64. The Bertz CT molecular complexity index is 1340. The van der Waals surface area contributed by atoms with Crippen LogP contribution in [0.2, 0.25) is 0 Å². The van der Waals surface area contributed by atoms with Crippen molar-refractivity contribution in [2.24, 2.45) is 0 Å². The fourth-order valence-electron chi connectivity index (χ4n) is 3.91. The fraction of sp³-hybridized carbons (Fsp3) is 0.214. The van der Waals surface area contributed by atoms with Crippen molar-refractivity contribution < 1.29 is 9.31 Å². The molecular formula is C28H25BN4O2. The summed E-state index contributed by atoms with van der Waals surface area (Å²) in [6.45, 7) is 7.97. The minimum Gasteiger partial charge on any atom is -0.399 e. The van der Waals surface area contributed by atoms with Gasteiger partial charge in [0, 0.05) is 22.2 Å². The molecule has 3 aromatic carbocycles. The van der Waals surface area contributed by atoms with Crippen LogP contribution in [0.4, 0.5) is 0 Å². The molecule has 0 spiro atoms. The highest BCUT2D eigenvalue weighted by molar-refractivity contribution is 6.63. The van der Waals surface area contributed by atoms with Crippen LogP contribution < -0.4 is 5.46 Å². The van der Waals surface area contributed by atoms with Crippen LogP contribution in [0.3, 0.4) is 0 Å². The second kappa shape index (κ2) is 8.73. The zero-order valence-electron chi connectivity index (χ0n) is 20.2. The number of hydrogen-bond donors (Lipinski definition) is 0. The Morgan fingerprint density at radius 3 is 1.57 bits per heavy atom. The van der Waals surface area contributed by atoms with Gasteiger partial charge in [-0.2, -0.15) is 5.26 Å². The summed E-state index contributed by atoms with van der Waals surface area (Å²) < 4.78 is 12.5. The van der Waals surface area contributed by atoms with E-state index in [1.165, 1.54) is 0 Å². The van der Waals surface area contributed by atoms with Gasteiger partial charge in [0.1, 0.15) is 0 Å². The maximum atomic E-state index is 9.78. The first-order chi connectivity index (χ1) is 16.8. The SMILES string of the molecule is CC1(C)OB(c2cc(-c3nc(-c4ccccc4)nc(-c4ccccc4)n3)ccc2C#N)OC1(C)C. The van der Waals surface area contributed by atoms with Crippen molar-refractivity contribution in [2.45, 2.75) is 38.9 Å². The van der Waals surface area contributed by atoms with Crippen LogP contribution in [0.5, 0.6) is 0 Å². The third-order valence-corrected chi connectivity index (χ3v) is 6.64.